The standard InChI is InChI=1S/C15H14FN3O2/c1-15(8-17,9-21-2)19-14(20)12-7-11(16)6-10-4-3-5-18-13(10)12/h3-7H,9H2,1-2H3,(H,19,20). The van der Waals surface area contributed by atoms with E-state index in [1.165, 1.54) is 26.3 Å². The highest BCUT2D eigenvalue weighted by Crippen LogP contribution is 2.19. The number of rotatable bonds is 4. The number of nitrogens with one attached hydrogen (secondary N) is 1. The number of nitriles is 1. The molecule has 0 aliphatic heterocycles. The van der Waals surface area contributed by atoms with Crippen LogP contribution in [0.1, 0.15) is 17.3 Å². The van der Waals surface area contributed by atoms with Gasteiger partial charge < -0.3 is 10.1 Å². The van der Waals surface area contributed by atoms with E-state index in [0.29, 0.717) is 10.9 Å². The summed E-state index contributed by atoms with van der Waals surface area (Å²) in [5.74, 6) is -1.11. The van der Waals surface area contributed by atoms with Crippen molar-refractivity contribution in [1.82, 2.24) is 10.3 Å². The molecule has 0 aliphatic carbocycles. The van der Waals surface area contributed by atoms with E-state index in [4.69, 9.17) is 10.00 Å². The summed E-state index contributed by atoms with van der Waals surface area (Å²) in [6, 6.07) is 7.71. The first-order valence-electron chi connectivity index (χ1n) is 6.26. The molecule has 1 heterocycles. The third-order valence-electron chi connectivity index (χ3n) is 2.98. The van der Waals surface area contributed by atoms with Crippen molar-refractivity contribution in [1.29, 1.82) is 5.26 Å². The largest absolute Gasteiger partial charge is 0.381 e. The molecule has 1 aromatic carbocycles. The number of aromatic nitrogens is 1. The lowest BCUT2D eigenvalue weighted by Crippen LogP contribution is -2.48. The summed E-state index contributed by atoms with van der Waals surface area (Å²) in [5, 5.41) is 12.2. The molecule has 1 unspecified atom stereocenters. The van der Waals surface area contributed by atoms with Crippen molar-refractivity contribution >= 4 is 16.8 Å². The molecule has 1 aromatic heterocycles. The van der Waals surface area contributed by atoms with Gasteiger partial charge in [-0.05, 0) is 25.1 Å². The van der Waals surface area contributed by atoms with Crippen LogP contribution in [0.3, 0.4) is 0 Å². The van der Waals surface area contributed by atoms with Crippen molar-refractivity contribution in [2.24, 2.45) is 0 Å². The molecule has 1 atom stereocenters. The fraction of sp³-hybridized carbons (Fsp3) is 0.267. The fourth-order valence-electron chi connectivity index (χ4n) is 2.03. The maximum atomic E-state index is 13.6. The van der Waals surface area contributed by atoms with Crippen molar-refractivity contribution in [2.75, 3.05) is 13.7 Å². The number of carbonyl (C=O) groups excluding carboxylic acids is 1. The molecule has 0 radical (unpaired) electrons. The molecule has 2 aromatic rings. The third-order valence-corrected chi connectivity index (χ3v) is 2.98. The van der Waals surface area contributed by atoms with Crippen LogP contribution in [0.5, 0.6) is 0 Å². The molecular weight excluding hydrogens is 273 g/mol. The topological polar surface area (TPSA) is 75.0 Å². The zero-order valence-corrected chi connectivity index (χ0v) is 11.7. The van der Waals surface area contributed by atoms with Crippen LogP contribution in [-0.4, -0.2) is 30.1 Å². The Bertz CT molecular complexity index is 726. The third kappa shape index (κ3) is 3.15. The molecule has 1 N–H and O–H groups in total. The smallest absolute Gasteiger partial charge is 0.254 e. The number of ether oxygens (including phenoxy) is 1. The summed E-state index contributed by atoms with van der Waals surface area (Å²) in [6.45, 7) is 1.55. The van der Waals surface area contributed by atoms with Crippen molar-refractivity contribution in [3.05, 3.63) is 41.8 Å². The Morgan fingerprint density at radius 3 is 3.00 bits per heavy atom. The van der Waals surface area contributed by atoms with Crippen LogP contribution in [0.25, 0.3) is 10.9 Å². The SMILES string of the molecule is COCC(C)(C#N)NC(=O)c1cc(F)cc2cccnc12. The summed E-state index contributed by atoms with van der Waals surface area (Å²) in [5.41, 5.74) is -0.725. The van der Waals surface area contributed by atoms with Crippen molar-refractivity contribution in [3.8, 4) is 6.07 Å². The number of carbonyl (C=O) groups is 1. The Balaban J connectivity index is 2.42. The number of benzene rings is 1. The molecule has 2 rings (SSSR count). The van der Waals surface area contributed by atoms with Gasteiger partial charge in [0.05, 0.1) is 23.8 Å². The quantitative estimate of drug-likeness (QED) is 0.933. The highest BCUT2D eigenvalue weighted by Gasteiger charge is 2.27. The number of fused-ring (bicyclic) bond motifs is 1. The van der Waals surface area contributed by atoms with Crippen LogP contribution in [-0.2, 0) is 4.74 Å². The monoisotopic (exact) mass is 287 g/mol. The van der Waals surface area contributed by atoms with E-state index >= 15 is 0 Å². The van der Waals surface area contributed by atoms with E-state index in [-0.39, 0.29) is 12.2 Å². The Kier molecular flexibility index (Phi) is 4.15. The minimum atomic E-state index is -1.20. The van der Waals surface area contributed by atoms with Crippen LogP contribution in [0.15, 0.2) is 30.5 Å². The minimum Gasteiger partial charge on any atom is -0.381 e. The maximum absolute atomic E-state index is 13.6. The minimum absolute atomic E-state index is 0.0237. The zero-order valence-electron chi connectivity index (χ0n) is 11.7. The lowest BCUT2D eigenvalue weighted by atomic mass is 10.0. The Hall–Kier alpha value is -2.52. The number of halogens is 1. The summed E-state index contributed by atoms with van der Waals surface area (Å²) in [6.07, 6.45) is 1.52. The van der Waals surface area contributed by atoms with Gasteiger partial charge in [-0.1, -0.05) is 6.07 Å². The molecule has 5 nitrogen and oxygen atoms in total. The molecule has 0 bridgehead atoms. The first-order chi connectivity index (χ1) is 9.99. The summed E-state index contributed by atoms with van der Waals surface area (Å²) < 4.78 is 18.5. The predicted molar refractivity (Wildman–Crippen MR) is 75.1 cm³/mol. The molecular formula is C15H14FN3O2. The van der Waals surface area contributed by atoms with Crippen LogP contribution in [0.2, 0.25) is 0 Å². The molecule has 0 saturated heterocycles. The van der Waals surface area contributed by atoms with Gasteiger partial charge in [0, 0.05) is 18.7 Å². The van der Waals surface area contributed by atoms with Crippen LogP contribution < -0.4 is 5.32 Å². The van der Waals surface area contributed by atoms with Gasteiger partial charge in [-0.3, -0.25) is 9.78 Å². The Morgan fingerprint density at radius 2 is 2.33 bits per heavy atom. The number of amides is 1. The highest BCUT2D eigenvalue weighted by molar-refractivity contribution is 6.05. The second kappa shape index (κ2) is 5.85. The van der Waals surface area contributed by atoms with Gasteiger partial charge in [0.2, 0.25) is 0 Å². The van der Waals surface area contributed by atoms with Crippen molar-refractivity contribution in [2.45, 2.75) is 12.5 Å². The van der Waals surface area contributed by atoms with Gasteiger partial charge >= 0.3 is 0 Å². The molecule has 0 fully saturated rings. The Morgan fingerprint density at radius 1 is 1.57 bits per heavy atom. The normalized spacial score (nSPS) is 13.4. The Labute approximate surface area is 121 Å². The maximum Gasteiger partial charge on any atom is 0.254 e. The average Bonchev–Trinajstić information content (AvgIpc) is 2.46. The van der Waals surface area contributed by atoms with E-state index in [0.717, 1.165) is 6.07 Å². The van der Waals surface area contributed by atoms with Crippen molar-refractivity contribution in [3.63, 3.8) is 0 Å². The number of hydrogen-bond donors (Lipinski definition) is 1. The summed E-state index contributed by atoms with van der Waals surface area (Å²) in [7, 11) is 1.43. The molecule has 21 heavy (non-hydrogen) atoms. The van der Waals surface area contributed by atoms with E-state index < -0.39 is 17.3 Å². The lowest BCUT2D eigenvalue weighted by Gasteiger charge is -2.22. The van der Waals surface area contributed by atoms with Crippen LogP contribution in [0.4, 0.5) is 4.39 Å². The highest BCUT2D eigenvalue weighted by atomic mass is 19.1. The first-order valence-corrected chi connectivity index (χ1v) is 6.26. The first kappa shape index (κ1) is 14.9. The number of pyridine rings is 1. The van der Waals surface area contributed by atoms with Crippen LogP contribution in [0, 0.1) is 17.1 Å². The molecule has 0 aliphatic rings. The molecule has 0 spiro atoms. The summed E-state index contributed by atoms with van der Waals surface area (Å²) in [4.78, 5) is 16.4. The second-order valence-corrected chi connectivity index (χ2v) is 4.86. The van der Waals surface area contributed by atoms with E-state index in [1.54, 1.807) is 12.1 Å². The predicted octanol–water partition coefficient (Wildman–Crippen LogP) is 2.03. The van der Waals surface area contributed by atoms with Crippen molar-refractivity contribution < 1.29 is 13.9 Å². The summed E-state index contributed by atoms with van der Waals surface area (Å²) >= 11 is 0. The van der Waals surface area contributed by atoms with E-state index in [1.807, 2.05) is 6.07 Å². The lowest BCUT2D eigenvalue weighted by molar-refractivity contribution is 0.0861. The number of methoxy groups -OCH3 is 1. The van der Waals surface area contributed by atoms with E-state index in [2.05, 4.69) is 10.3 Å². The van der Waals surface area contributed by atoms with Gasteiger partial charge in [0.25, 0.3) is 5.91 Å². The zero-order chi connectivity index (χ0) is 15.5. The molecule has 0 saturated carbocycles. The molecule has 1 amide bonds. The van der Waals surface area contributed by atoms with Gasteiger partial charge in [0.1, 0.15) is 11.4 Å². The number of nitrogens with zero attached hydrogens (tertiary/aromatic N) is 2. The van der Waals surface area contributed by atoms with Gasteiger partial charge in [0.15, 0.2) is 0 Å². The van der Waals surface area contributed by atoms with Crippen LogP contribution >= 0.6 is 0 Å². The fourth-order valence-corrected chi connectivity index (χ4v) is 2.03. The number of hydrogen-bond acceptors (Lipinski definition) is 4. The molecule has 6 heteroatoms. The van der Waals surface area contributed by atoms with E-state index in [9.17, 15) is 9.18 Å². The average molecular weight is 287 g/mol. The molecule has 108 valence electrons. The van der Waals surface area contributed by atoms with Gasteiger partial charge in [-0.2, -0.15) is 5.26 Å². The van der Waals surface area contributed by atoms with Gasteiger partial charge in [-0.25, -0.2) is 4.39 Å². The second-order valence-electron chi connectivity index (χ2n) is 4.86. The van der Waals surface area contributed by atoms with Gasteiger partial charge in [-0.15, -0.1) is 0 Å².